The number of carbonyl (C=O) groups excluding carboxylic acids is 1. The van der Waals surface area contributed by atoms with Crippen LogP contribution in [0.4, 0.5) is 0 Å². The highest BCUT2D eigenvalue weighted by Gasteiger charge is 2.50. The lowest BCUT2D eigenvalue weighted by Gasteiger charge is -2.46. The van der Waals surface area contributed by atoms with Crippen LogP contribution in [0.1, 0.15) is 95.9 Å². The number of hydrogen-bond donors (Lipinski definition) is 0. The lowest BCUT2D eigenvalue weighted by Crippen LogP contribution is -2.58. The van der Waals surface area contributed by atoms with Gasteiger partial charge in [-0.2, -0.15) is 0 Å². The first-order valence-corrected chi connectivity index (χ1v) is 17.7. The normalized spacial score (nSPS) is 20.9. The number of halogens is 1. The molecule has 0 amide bonds. The van der Waals surface area contributed by atoms with E-state index in [4.69, 9.17) is 44.8 Å². The average Bonchev–Trinajstić information content (AvgIpc) is 3.06. The average molecular weight is 675 g/mol. The Balaban J connectivity index is 2.13. The molecule has 0 bridgehead atoms. The fraction of sp³-hybridized carbons (Fsp3) is 0.605. The number of carbonyl (C=O) groups is 1. The summed E-state index contributed by atoms with van der Waals surface area (Å²) in [7, 11) is 0. The van der Waals surface area contributed by atoms with Crippen molar-refractivity contribution < 1.29 is 38.0 Å². The van der Waals surface area contributed by atoms with E-state index in [1.807, 2.05) is 43.3 Å². The monoisotopic (exact) mass is 674 g/mol. The molecule has 47 heavy (non-hydrogen) atoms. The van der Waals surface area contributed by atoms with Crippen LogP contribution in [0.3, 0.4) is 0 Å². The van der Waals surface area contributed by atoms with Crippen molar-refractivity contribution >= 4 is 17.6 Å². The molecule has 1 fully saturated rings. The quantitative estimate of drug-likeness (QED) is 0.0699. The van der Waals surface area contributed by atoms with Crippen molar-refractivity contribution in [2.75, 3.05) is 39.6 Å². The molecule has 9 heteroatoms. The van der Waals surface area contributed by atoms with Crippen molar-refractivity contribution in [1.29, 1.82) is 0 Å². The number of rotatable bonds is 22. The van der Waals surface area contributed by atoms with Gasteiger partial charge in [0.25, 0.3) is 0 Å². The molecule has 0 aliphatic carbocycles. The molecule has 0 N–H and O–H groups in total. The van der Waals surface area contributed by atoms with Crippen LogP contribution in [0.15, 0.2) is 49.1 Å². The molecule has 2 aromatic carbocycles. The highest BCUT2D eigenvalue weighted by molar-refractivity contribution is 6.31. The fourth-order valence-corrected chi connectivity index (χ4v) is 5.72. The van der Waals surface area contributed by atoms with Gasteiger partial charge in [0, 0.05) is 37.3 Å². The van der Waals surface area contributed by atoms with E-state index in [1.165, 1.54) is 6.92 Å². The second-order valence-corrected chi connectivity index (χ2v) is 12.2. The molecule has 5 atom stereocenters. The first-order valence-electron chi connectivity index (χ1n) is 17.3. The largest absolute Gasteiger partial charge is 0.494 e. The first kappa shape index (κ1) is 38.8. The van der Waals surface area contributed by atoms with Crippen LogP contribution < -0.4 is 9.47 Å². The van der Waals surface area contributed by atoms with Crippen molar-refractivity contribution in [3.05, 3.63) is 70.8 Å². The van der Waals surface area contributed by atoms with E-state index in [-0.39, 0.29) is 19.2 Å². The minimum Gasteiger partial charge on any atom is -0.494 e. The number of benzene rings is 2. The highest BCUT2D eigenvalue weighted by Crippen LogP contribution is 2.43. The van der Waals surface area contributed by atoms with Crippen LogP contribution in [-0.2, 0) is 34.9 Å². The van der Waals surface area contributed by atoms with E-state index >= 15 is 0 Å². The molecule has 8 nitrogen and oxygen atoms in total. The Morgan fingerprint density at radius 3 is 2.06 bits per heavy atom. The zero-order valence-electron chi connectivity index (χ0n) is 29.0. The standard InChI is InChI=1S/C38H55ClO8/c1-7-12-20-43-36-34(26-46-27(6)40)47-35(37(44-21-13-8-2)38(36)45-22-14-9-3)31-24-29(32(39)25-33(31)42-19-10-4)23-28-15-17-30(18-16-28)41-11-5/h10,15-18,24-25,34-38H,4,7-9,11-14,19-23,26H2,1-3,5-6H3/t34-,35+,36-,37+,38+/m1/s1. The second-order valence-electron chi connectivity index (χ2n) is 11.8. The Labute approximate surface area is 287 Å². The number of esters is 1. The Morgan fingerprint density at radius 2 is 1.49 bits per heavy atom. The lowest BCUT2D eigenvalue weighted by atomic mass is 9.88. The zero-order chi connectivity index (χ0) is 34.0. The molecule has 262 valence electrons. The van der Waals surface area contributed by atoms with Gasteiger partial charge in [-0.1, -0.05) is 76.4 Å². The Kier molecular flexibility index (Phi) is 17.7. The van der Waals surface area contributed by atoms with Gasteiger partial charge in [-0.05, 0) is 68.0 Å². The summed E-state index contributed by atoms with van der Waals surface area (Å²) < 4.78 is 44.0. The van der Waals surface area contributed by atoms with Gasteiger partial charge in [-0.3, -0.25) is 4.79 Å². The highest BCUT2D eigenvalue weighted by atomic mass is 35.5. The first-order chi connectivity index (χ1) is 22.9. The van der Waals surface area contributed by atoms with Crippen molar-refractivity contribution in [2.45, 2.75) is 110 Å². The van der Waals surface area contributed by atoms with E-state index in [2.05, 4.69) is 27.4 Å². The molecule has 3 rings (SSSR count). The molecule has 1 heterocycles. The van der Waals surface area contributed by atoms with Crippen molar-refractivity contribution in [3.8, 4) is 11.5 Å². The number of unbranched alkanes of at least 4 members (excludes halogenated alkanes) is 3. The zero-order valence-corrected chi connectivity index (χ0v) is 29.7. The third-order valence-electron chi connectivity index (χ3n) is 7.98. The van der Waals surface area contributed by atoms with Crippen molar-refractivity contribution in [3.63, 3.8) is 0 Å². The number of hydrogen-bond acceptors (Lipinski definition) is 8. The predicted molar refractivity (Wildman–Crippen MR) is 186 cm³/mol. The van der Waals surface area contributed by atoms with Crippen molar-refractivity contribution in [2.24, 2.45) is 0 Å². The minimum absolute atomic E-state index is 0.0212. The summed E-state index contributed by atoms with van der Waals surface area (Å²) in [4.78, 5) is 12.0. The van der Waals surface area contributed by atoms with Crippen molar-refractivity contribution in [1.82, 2.24) is 0 Å². The summed E-state index contributed by atoms with van der Waals surface area (Å²) in [6.07, 6.45) is 5.15. The summed E-state index contributed by atoms with van der Waals surface area (Å²) in [5.74, 6) is 1.01. The maximum atomic E-state index is 12.0. The fourth-order valence-electron chi connectivity index (χ4n) is 5.50. The van der Waals surface area contributed by atoms with Gasteiger partial charge in [0.1, 0.15) is 55.2 Å². The maximum Gasteiger partial charge on any atom is 0.302 e. The van der Waals surface area contributed by atoms with E-state index in [1.54, 1.807) is 6.08 Å². The smallest absolute Gasteiger partial charge is 0.302 e. The van der Waals surface area contributed by atoms with E-state index in [9.17, 15) is 4.79 Å². The second kappa shape index (κ2) is 21.4. The molecule has 0 radical (unpaired) electrons. The number of ether oxygens (including phenoxy) is 7. The van der Waals surface area contributed by atoms with Crippen LogP contribution in [0.2, 0.25) is 5.02 Å². The Morgan fingerprint density at radius 1 is 0.872 bits per heavy atom. The summed E-state index contributed by atoms with van der Waals surface area (Å²) in [6, 6.07) is 11.9. The molecule has 0 unspecified atom stereocenters. The van der Waals surface area contributed by atoms with Gasteiger partial charge in [0.2, 0.25) is 0 Å². The third-order valence-corrected chi connectivity index (χ3v) is 8.33. The predicted octanol–water partition coefficient (Wildman–Crippen LogP) is 8.45. The van der Waals surface area contributed by atoms with Gasteiger partial charge < -0.3 is 33.2 Å². The van der Waals surface area contributed by atoms with Gasteiger partial charge in [0.05, 0.1) is 6.61 Å². The topological polar surface area (TPSA) is 81.7 Å². The molecular weight excluding hydrogens is 620 g/mol. The summed E-state index contributed by atoms with van der Waals surface area (Å²) in [6.45, 7) is 16.1. The molecule has 0 spiro atoms. The van der Waals surface area contributed by atoms with Gasteiger partial charge >= 0.3 is 5.97 Å². The van der Waals surface area contributed by atoms with E-state index in [0.29, 0.717) is 43.6 Å². The van der Waals surface area contributed by atoms with E-state index < -0.39 is 30.5 Å². The molecule has 0 saturated carbocycles. The van der Waals surface area contributed by atoms with E-state index in [0.717, 1.165) is 61.0 Å². The Bertz CT molecular complexity index is 1200. The SMILES string of the molecule is C=CCOc1cc(Cl)c(Cc2ccc(OCC)cc2)cc1[C@@H]1O[C@H](COC(C)=O)[C@@H](OCCCC)[C@H](OCCCC)[C@H]1OCCCC. The molecule has 1 aliphatic rings. The lowest BCUT2D eigenvalue weighted by molar-refractivity contribution is -0.267. The third kappa shape index (κ3) is 12.1. The van der Waals surface area contributed by atoms with Crippen LogP contribution in [0, 0.1) is 0 Å². The molecule has 1 saturated heterocycles. The summed E-state index contributed by atoms with van der Waals surface area (Å²) in [5, 5.41) is 0.578. The van der Waals surface area contributed by atoms with Crippen LogP contribution in [0.25, 0.3) is 0 Å². The molecular formula is C38H55ClO8. The molecule has 1 aliphatic heterocycles. The van der Waals surface area contributed by atoms with Gasteiger partial charge in [-0.15, -0.1) is 0 Å². The molecule has 0 aromatic heterocycles. The Hall–Kier alpha value is -2.62. The molecule has 2 aromatic rings. The van der Waals surface area contributed by atoms with Crippen LogP contribution in [0.5, 0.6) is 11.5 Å². The van der Waals surface area contributed by atoms with Gasteiger partial charge in [-0.25, -0.2) is 0 Å². The summed E-state index contributed by atoms with van der Waals surface area (Å²) >= 11 is 6.90. The van der Waals surface area contributed by atoms with Gasteiger partial charge in [0.15, 0.2) is 0 Å². The minimum atomic E-state index is -0.624. The van der Waals surface area contributed by atoms with Crippen LogP contribution in [-0.4, -0.2) is 70.0 Å². The maximum absolute atomic E-state index is 12.0. The van der Waals surface area contributed by atoms with Crippen LogP contribution >= 0.6 is 11.6 Å². The summed E-state index contributed by atoms with van der Waals surface area (Å²) in [5.41, 5.74) is 2.77.